The molecule has 0 unspecified atom stereocenters. The quantitative estimate of drug-likeness (QED) is 0.522. The fourth-order valence-corrected chi connectivity index (χ4v) is 0.306. The number of carbonyl (C=O) groups excluding carboxylic acids is 1. The first-order valence-corrected chi connectivity index (χ1v) is 2.48. The molecule has 0 fully saturated rings. The van der Waals surface area contributed by atoms with Crippen molar-refractivity contribution in [2.45, 2.75) is 18.0 Å². The first kappa shape index (κ1) is 17.4. The van der Waals surface area contributed by atoms with Crippen LogP contribution in [0.25, 0.3) is 0 Å². The van der Waals surface area contributed by atoms with Crippen LogP contribution in [0.2, 0.25) is 0 Å². The van der Waals surface area contributed by atoms with Gasteiger partial charge in [-0.1, -0.05) is 0 Å². The molecule has 0 amide bonds. The second-order valence-corrected chi connectivity index (χ2v) is 1.93. The molecule has 78 valence electrons. The Kier molecular flexibility index (Phi) is 6.11. The SMILES string of the molecule is O=C([O-])C(F)(F)C(F)(F)C(F)(F)F.[Cs+]. The number of hydrogen-bond donors (Lipinski definition) is 0. The number of halogens is 7. The fourth-order valence-electron chi connectivity index (χ4n) is 0.306. The van der Waals surface area contributed by atoms with Crippen molar-refractivity contribution in [1.29, 1.82) is 0 Å². The van der Waals surface area contributed by atoms with Crippen molar-refractivity contribution in [3.05, 3.63) is 0 Å². The smallest absolute Gasteiger partial charge is 0.544 e. The van der Waals surface area contributed by atoms with Crippen molar-refractivity contribution in [2.24, 2.45) is 0 Å². The Hall–Kier alpha value is 1.03. The van der Waals surface area contributed by atoms with Crippen LogP contribution in [0.1, 0.15) is 0 Å². The Morgan fingerprint density at radius 1 is 0.929 bits per heavy atom. The molecule has 0 atom stereocenters. The molecule has 0 bridgehead atoms. The maximum atomic E-state index is 11.7. The molecule has 0 aliphatic heterocycles. The molecule has 0 N–H and O–H groups in total. The Morgan fingerprint density at radius 3 is 1.29 bits per heavy atom. The predicted molar refractivity (Wildman–Crippen MR) is 21.0 cm³/mol. The Balaban J connectivity index is 0. The second kappa shape index (κ2) is 4.91. The van der Waals surface area contributed by atoms with Crippen LogP contribution in [0.3, 0.4) is 0 Å². The van der Waals surface area contributed by atoms with Crippen molar-refractivity contribution >= 4 is 5.97 Å². The molecule has 0 aliphatic carbocycles. The van der Waals surface area contributed by atoms with E-state index in [0.717, 1.165) is 0 Å². The summed E-state index contributed by atoms with van der Waals surface area (Å²) < 4.78 is 80.2. The van der Waals surface area contributed by atoms with E-state index >= 15 is 0 Å². The summed E-state index contributed by atoms with van der Waals surface area (Å²) in [6, 6.07) is 0. The average Bonchev–Trinajstić information content (AvgIpc) is 1.84. The summed E-state index contributed by atoms with van der Waals surface area (Å²) in [5.41, 5.74) is 0. The van der Waals surface area contributed by atoms with Gasteiger partial charge in [0.2, 0.25) is 0 Å². The summed E-state index contributed by atoms with van der Waals surface area (Å²) in [7, 11) is 0. The summed E-state index contributed by atoms with van der Waals surface area (Å²) in [4.78, 5) is 9.27. The number of aliphatic carboxylic acids is 1. The molecule has 0 aromatic carbocycles. The molecule has 0 aromatic rings. The molecule has 0 aromatic heterocycles. The minimum atomic E-state index is -6.64. The summed E-state index contributed by atoms with van der Waals surface area (Å²) >= 11 is 0. The fraction of sp³-hybridized carbons (Fsp3) is 0.750. The third-order valence-electron chi connectivity index (χ3n) is 1.01. The summed E-state index contributed by atoms with van der Waals surface area (Å²) in [6.45, 7) is 0. The summed E-state index contributed by atoms with van der Waals surface area (Å²) in [6.07, 6.45) is -6.64. The van der Waals surface area contributed by atoms with Gasteiger partial charge in [-0.3, -0.25) is 0 Å². The standard InChI is InChI=1S/C4HF7O2.Cs/c5-2(6,1(12)13)3(7,8)4(9,10)11;/h(H,12,13);/q;+1/p-1. The van der Waals surface area contributed by atoms with Crippen molar-refractivity contribution in [3.63, 3.8) is 0 Å². The van der Waals surface area contributed by atoms with E-state index in [9.17, 15) is 40.6 Å². The summed E-state index contributed by atoms with van der Waals surface area (Å²) in [5.74, 6) is -16.7. The van der Waals surface area contributed by atoms with E-state index in [1.807, 2.05) is 0 Å². The van der Waals surface area contributed by atoms with E-state index < -0.39 is 24.0 Å². The monoisotopic (exact) mass is 346 g/mol. The van der Waals surface area contributed by atoms with Gasteiger partial charge in [-0.25, -0.2) is 0 Å². The number of hydrogen-bond acceptors (Lipinski definition) is 2. The van der Waals surface area contributed by atoms with Crippen LogP contribution in [-0.2, 0) is 4.79 Å². The van der Waals surface area contributed by atoms with Gasteiger partial charge in [0.15, 0.2) is 0 Å². The van der Waals surface area contributed by atoms with E-state index in [4.69, 9.17) is 0 Å². The van der Waals surface area contributed by atoms with Gasteiger partial charge in [0.25, 0.3) is 0 Å². The Labute approximate surface area is 131 Å². The largest absolute Gasteiger partial charge is 1.00 e. The Bertz CT molecular complexity index is 222. The zero-order valence-electron chi connectivity index (χ0n) is 6.46. The van der Waals surface area contributed by atoms with Crippen molar-refractivity contribution in [1.82, 2.24) is 0 Å². The zero-order valence-corrected chi connectivity index (χ0v) is 12.7. The van der Waals surface area contributed by atoms with Gasteiger partial charge in [-0.2, -0.15) is 30.7 Å². The number of rotatable bonds is 2. The molecule has 0 spiro atoms. The summed E-state index contributed by atoms with van der Waals surface area (Å²) in [5, 5.41) is 9.27. The van der Waals surface area contributed by atoms with Gasteiger partial charge < -0.3 is 9.90 Å². The van der Waals surface area contributed by atoms with Crippen molar-refractivity contribution in [2.75, 3.05) is 0 Å². The molecular formula is C4CsF7O2. The van der Waals surface area contributed by atoms with E-state index in [1.165, 1.54) is 0 Å². The third-order valence-corrected chi connectivity index (χ3v) is 1.01. The van der Waals surface area contributed by atoms with Gasteiger partial charge in [0, 0.05) is 0 Å². The van der Waals surface area contributed by atoms with Gasteiger partial charge in [-0.05, 0) is 0 Å². The van der Waals surface area contributed by atoms with Crippen LogP contribution >= 0.6 is 0 Å². The van der Waals surface area contributed by atoms with E-state index in [-0.39, 0.29) is 68.9 Å². The normalized spacial score (nSPS) is 13.4. The van der Waals surface area contributed by atoms with Crippen LogP contribution in [-0.4, -0.2) is 24.0 Å². The Morgan fingerprint density at radius 2 is 1.21 bits per heavy atom. The van der Waals surface area contributed by atoms with E-state index in [1.54, 1.807) is 0 Å². The molecule has 14 heavy (non-hydrogen) atoms. The van der Waals surface area contributed by atoms with Crippen molar-refractivity contribution in [3.8, 4) is 0 Å². The van der Waals surface area contributed by atoms with Crippen LogP contribution < -0.4 is 74.0 Å². The first-order valence-electron chi connectivity index (χ1n) is 2.48. The molecule has 0 saturated heterocycles. The van der Waals surface area contributed by atoms with Crippen LogP contribution in [0.4, 0.5) is 30.7 Å². The molecule has 0 heterocycles. The molecule has 10 heteroatoms. The average molecular weight is 346 g/mol. The van der Waals surface area contributed by atoms with Gasteiger partial charge in [0.05, 0.1) is 0 Å². The molecular weight excluding hydrogens is 346 g/mol. The van der Waals surface area contributed by atoms with E-state index in [2.05, 4.69) is 0 Å². The van der Waals surface area contributed by atoms with Crippen molar-refractivity contribution < 1.29 is 110 Å². The van der Waals surface area contributed by atoms with Gasteiger partial charge >= 0.3 is 86.9 Å². The van der Waals surface area contributed by atoms with Crippen LogP contribution in [0.15, 0.2) is 0 Å². The maximum absolute atomic E-state index is 11.7. The van der Waals surface area contributed by atoms with Crippen LogP contribution in [0.5, 0.6) is 0 Å². The zero-order chi connectivity index (χ0) is 11.1. The number of carboxylic acid groups (broad SMARTS) is 1. The molecule has 0 rings (SSSR count). The maximum Gasteiger partial charge on any atom is 1.00 e. The molecule has 0 saturated carbocycles. The molecule has 0 radical (unpaired) electrons. The molecule has 0 aliphatic rings. The number of alkyl halides is 7. The topological polar surface area (TPSA) is 40.1 Å². The number of carboxylic acids is 1. The minimum absolute atomic E-state index is 0. The second-order valence-electron chi connectivity index (χ2n) is 1.93. The van der Waals surface area contributed by atoms with Crippen LogP contribution in [0, 0.1) is 0 Å². The minimum Gasteiger partial charge on any atom is -0.544 e. The predicted octanol–water partition coefficient (Wildman–Crippen LogP) is -2.43. The van der Waals surface area contributed by atoms with E-state index in [0.29, 0.717) is 0 Å². The van der Waals surface area contributed by atoms with Gasteiger partial charge in [-0.15, -0.1) is 0 Å². The number of carbonyl (C=O) groups is 1. The van der Waals surface area contributed by atoms with Gasteiger partial charge in [0.1, 0.15) is 5.97 Å². The third kappa shape index (κ3) is 3.01. The first-order chi connectivity index (χ1) is 5.44. The molecule has 2 nitrogen and oxygen atoms in total.